The summed E-state index contributed by atoms with van der Waals surface area (Å²) in [5, 5.41) is 0.387. The summed E-state index contributed by atoms with van der Waals surface area (Å²) in [5.41, 5.74) is 0.288. The zero-order valence-electron chi connectivity index (χ0n) is 16.4. The quantitative estimate of drug-likeness (QED) is 0.523. The topological polar surface area (TPSA) is 72.9 Å². The zero-order chi connectivity index (χ0) is 21.7. The van der Waals surface area contributed by atoms with Gasteiger partial charge in [-0.25, -0.2) is 8.42 Å². The Labute approximate surface area is 180 Å². The Kier molecular flexibility index (Phi) is 6.64. The maximum Gasteiger partial charge on any atom is 0.276 e. The van der Waals surface area contributed by atoms with Gasteiger partial charge in [0.2, 0.25) is 0 Å². The molecular weight excluding hydrogens is 426 g/mol. The molecule has 0 aliphatic carbocycles. The van der Waals surface area contributed by atoms with Gasteiger partial charge in [-0.3, -0.25) is 4.79 Å². The summed E-state index contributed by atoms with van der Waals surface area (Å²) in [7, 11) is -2.82. The van der Waals surface area contributed by atoms with Gasteiger partial charge in [0.25, 0.3) is 15.9 Å². The largest absolute Gasteiger partial charge is 0.496 e. The van der Waals surface area contributed by atoms with E-state index in [9.17, 15) is 13.2 Å². The third kappa shape index (κ3) is 4.42. The number of hydrogen-bond donors (Lipinski definition) is 0. The van der Waals surface area contributed by atoms with Gasteiger partial charge in [-0.1, -0.05) is 23.7 Å². The van der Waals surface area contributed by atoms with Crippen LogP contribution in [-0.2, 0) is 10.0 Å². The third-order valence-corrected chi connectivity index (χ3v) is 6.23. The van der Waals surface area contributed by atoms with Gasteiger partial charge in [-0.05, 0) is 67.6 Å². The Morgan fingerprint density at radius 3 is 2.20 bits per heavy atom. The number of nitrogens with zero attached hydrogens (tertiary/aromatic N) is 1. The van der Waals surface area contributed by atoms with E-state index < -0.39 is 15.9 Å². The number of carbonyl (C=O) groups is 1. The number of anilines is 1. The minimum absolute atomic E-state index is 0.0657. The minimum Gasteiger partial charge on any atom is -0.496 e. The highest BCUT2D eigenvalue weighted by Gasteiger charge is 2.33. The lowest BCUT2D eigenvalue weighted by molar-refractivity contribution is 0.100. The number of para-hydroxylation sites is 1. The summed E-state index contributed by atoms with van der Waals surface area (Å²) in [6, 6.07) is 18.3. The molecule has 6 nitrogen and oxygen atoms in total. The highest BCUT2D eigenvalue weighted by atomic mass is 35.5. The normalized spacial score (nSPS) is 11.0. The van der Waals surface area contributed by atoms with Gasteiger partial charge >= 0.3 is 0 Å². The van der Waals surface area contributed by atoms with E-state index in [1.54, 1.807) is 30.3 Å². The number of ether oxygens (including phenoxy) is 2. The van der Waals surface area contributed by atoms with Crippen molar-refractivity contribution in [3.8, 4) is 11.5 Å². The fraction of sp³-hybridized carbons (Fsp3) is 0.136. The number of benzene rings is 3. The number of rotatable bonds is 7. The van der Waals surface area contributed by atoms with E-state index in [0.29, 0.717) is 17.4 Å². The first-order valence-electron chi connectivity index (χ1n) is 9.09. The van der Waals surface area contributed by atoms with E-state index in [2.05, 4.69) is 0 Å². The average molecular weight is 446 g/mol. The summed E-state index contributed by atoms with van der Waals surface area (Å²) in [4.78, 5) is 13.4. The monoisotopic (exact) mass is 445 g/mol. The molecule has 0 atom stereocenters. The second kappa shape index (κ2) is 9.19. The summed E-state index contributed by atoms with van der Waals surface area (Å²) in [5.74, 6) is 0.0890. The molecule has 3 aromatic carbocycles. The molecule has 0 fully saturated rings. The summed E-state index contributed by atoms with van der Waals surface area (Å²) >= 11 is 5.90. The Morgan fingerprint density at radius 2 is 1.60 bits per heavy atom. The van der Waals surface area contributed by atoms with Gasteiger partial charge in [0.1, 0.15) is 11.5 Å². The van der Waals surface area contributed by atoms with E-state index in [1.165, 1.54) is 49.6 Å². The molecule has 3 rings (SSSR count). The van der Waals surface area contributed by atoms with Crippen molar-refractivity contribution in [3.63, 3.8) is 0 Å². The van der Waals surface area contributed by atoms with Crippen LogP contribution < -0.4 is 13.8 Å². The van der Waals surface area contributed by atoms with Gasteiger partial charge < -0.3 is 9.47 Å². The smallest absolute Gasteiger partial charge is 0.276 e. The molecule has 0 saturated heterocycles. The van der Waals surface area contributed by atoms with Gasteiger partial charge in [0.15, 0.2) is 0 Å². The summed E-state index contributed by atoms with van der Waals surface area (Å²) in [6.45, 7) is 2.31. The number of hydrogen-bond acceptors (Lipinski definition) is 5. The molecule has 1 amide bonds. The van der Waals surface area contributed by atoms with Crippen molar-refractivity contribution in [2.45, 2.75) is 11.8 Å². The Hall–Kier alpha value is -3.03. The summed E-state index contributed by atoms with van der Waals surface area (Å²) < 4.78 is 38.3. The van der Waals surface area contributed by atoms with E-state index in [1.807, 2.05) is 6.92 Å². The van der Waals surface area contributed by atoms with Crippen molar-refractivity contribution in [2.24, 2.45) is 0 Å². The second-order valence-electron chi connectivity index (χ2n) is 6.16. The molecule has 0 spiro atoms. The molecule has 0 saturated carbocycles. The van der Waals surface area contributed by atoms with Crippen molar-refractivity contribution in [1.29, 1.82) is 0 Å². The van der Waals surface area contributed by atoms with Gasteiger partial charge in [0.05, 0.1) is 29.9 Å². The van der Waals surface area contributed by atoms with E-state index in [4.69, 9.17) is 21.1 Å². The zero-order valence-corrected chi connectivity index (χ0v) is 18.0. The van der Waals surface area contributed by atoms with Crippen LogP contribution in [0.3, 0.4) is 0 Å². The molecule has 0 bridgehead atoms. The number of methoxy groups -OCH3 is 1. The number of sulfonamides is 1. The average Bonchev–Trinajstić information content (AvgIpc) is 2.75. The van der Waals surface area contributed by atoms with Gasteiger partial charge in [-0.2, -0.15) is 4.31 Å². The van der Waals surface area contributed by atoms with Crippen LogP contribution in [-0.4, -0.2) is 28.0 Å². The van der Waals surface area contributed by atoms with Crippen LogP contribution >= 0.6 is 11.6 Å². The first-order valence-corrected chi connectivity index (χ1v) is 10.9. The van der Waals surface area contributed by atoms with Crippen LogP contribution in [0, 0.1) is 0 Å². The molecule has 0 unspecified atom stereocenters. The van der Waals surface area contributed by atoms with Crippen LogP contribution in [0.25, 0.3) is 0 Å². The summed E-state index contributed by atoms with van der Waals surface area (Å²) in [6.07, 6.45) is 0. The molecule has 0 heterocycles. The fourth-order valence-corrected chi connectivity index (χ4v) is 4.39. The number of carbonyl (C=O) groups excluding carboxylic acids is 1. The predicted octanol–water partition coefficient (Wildman–Crippen LogP) is 4.78. The second-order valence-corrected chi connectivity index (χ2v) is 8.38. The maximum atomic E-state index is 13.5. The lowest BCUT2D eigenvalue weighted by Gasteiger charge is -2.24. The molecule has 156 valence electrons. The molecule has 0 radical (unpaired) electrons. The predicted molar refractivity (Wildman–Crippen MR) is 116 cm³/mol. The highest BCUT2D eigenvalue weighted by Crippen LogP contribution is 2.30. The molecular formula is C22H20ClNO5S. The molecule has 0 N–H and O–H groups in total. The molecule has 0 aromatic heterocycles. The lowest BCUT2D eigenvalue weighted by Crippen LogP contribution is -2.37. The maximum absolute atomic E-state index is 13.5. The van der Waals surface area contributed by atoms with E-state index in [-0.39, 0.29) is 21.9 Å². The van der Waals surface area contributed by atoms with Gasteiger partial charge in [-0.15, -0.1) is 0 Å². The van der Waals surface area contributed by atoms with Crippen molar-refractivity contribution in [3.05, 3.63) is 83.4 Å². The standard InChI is InChI=1S/C22H20ClNO5S/c1-3-29-18-12-10-17(11-13-18)24(22(25)20-6-4-5-7-21(20)28-2)30(26,27)19-14-8-16(23)9-15-19/h4-15H,3H2,1-2H3. The van der Waals surface area contributed by atoms with Crippen molar-refractivity contribution >= 4 is 33.2 Å². The van der Waals surface area contributed by atoms with Crippen molar-refractivity contribution < 1.29 is 22.7 Å². The third-order valence-electron chi connectivity index (χ3n) is 4.26. The Morgan fingerprint density at radius 1 is 0.967 bits per heavy atom. The number of halogens is 1. The van der Waals surface area contributed by atoms with Crippen LogP contribution in [0.2, 0.25) is 5.02 Å². The molecule has 30 heavy (non-hydrogen) atoms. The minimum atomic E-state index is -4.24. The molecule has 0 aliphatic heterocycles. The Balaban J connectivity index is 2.15. The molecule has 3 aromatic rings. The van der Waals surface area contributed by atoms with E-state index >= 15 is 0 Å². The van der Waals surface area contributed by atoms with Crippen molar-refractivity contribution in [1.82, 2.24) is 0 Å². The first-order chi connectivity index (χ1) is 14.4. The van der Waals surface area contributed by atoms with Crippen LogP contribution in [0.15, 0.2) is 77.7 Å². The van der Waals surface area contributed by atoms with Crippen LogP contribution in [0.5, 0.6) is 11.5 Å². The molecule has 8 heteroatoms. The lowest BCUT2D eigenvalue weighted by atomic mass is 10.2. The number of amides is 1. The van der Waals surface area contributed by atoms with Crippen LogP contribution in [0.1, 0.15) is 17.3 Å². The Bertz CT molecular complexity index is 1130. The SMILES string of the molecule is CCOc1ccc(N(C(=O)c2ccccc2OC)S(=O)(=O)c2ccc(Cl)cc2)cc1. The first kappa shape index (κ1) is 21.7. The van der Waals surface area contributed by atoms with Crippen molar-refractivity contribution in [2.75, 3.05) is 18.0 Å². The fourth-order valence-electron chi connectivity index (χ4n) is 2.85. The van der Waals surface area contributed by atoms with Crippen LogP contribution in [0.4, 0.5) is 5.69 Å². The highest BCUT2D eigenvalue weighted by molar-refractivity contribution is 7.93. The molecule has 0 aliphatic rings. The van der Waals surface area contributed by atoms with Gasteiger partial charge in [0, 0.05) is 5.02 Å². The van der Waals surface area contributed by atoms with E-state index in [0.717, 1.165) is 4.31 Å².